The van der Waals surface area contributed by atoms with E-state index in [2.05, 4.69) is 10.4 Å². The zero-order chi connectivity index (χ0) is 31.1. The lowest BCUT2D eigenvalue weighted by Crippen LogP contribution is -2.58. The highest BCUT2D eigenvalue weighted by Crippen LogP contribution is 2.56. The molecule has 2 fully saturated rings. The van der Waals surface area contributed by atoms with Crippen LogP contribution in [0.1, 0.15) is 49.9 Å². The van der Waals surface area contributed by atoms with Crippen LogP contribution in [-0.2, 0) is 0 Å². The van der Waals surface area contributed by atoms with Crippen LogP contribution in [-0.4, -0.2) is 57.8 Å². The van der Waals surface area contributed by atoms with Gasteiger partial charge in [-0.3, -0.25) is 4.79 Å². The Kier molecular flexibility index (Phi) is 7.69. The number of fused-ring (bicyclic) bond motifs is 1. The average molecular weight is 610 g/mol. The summed E-state index contributed by atoms with van der Waals surface area (Å²) in [4.78, 5) is 13.0. The number of carbonyl (C=O) groups is 1. The summed E-state index contributed by atoms with van der Waals surface area (Å²) in [6.45, 7) is 2.14. The number of hydrogen-bond donors (Lipinski definition) is 2. The molecule has 0 saturated heterocycles. The largest absolute Gasteiger partial charge is 0.490 e. The molecule has 2 aromatic heterocycles. The van der Waals surface area contributed by atoms with Crippen LogP contribution in [0, 0.1) is 5.41 Å². The number of rotatable bonds is 10. The topological polar surface area (TPSA) is 94.3 Å². The highest BCUT2D eigenvalue weighted by atomic mass is 19.4. The number of benzene rings is 2. The minimum absolute atomic E-state index is 0.1000. The van der Waals surface area contributed by atoms with Crippen LogP contribution in [0.2, 0.25) is 0 Å². The maximum Gasteiger partial charge on any atom is 0.422 e. The summed E-state index contributed by atoms with van der Waals surface area (Å²) in [6.07, 6.45) is 2.60. The highest BCUT2D eigenvalue weighted by molar-refractivity contribution is 6.00. The predicted octanol–water partition coefficient (Wildman–Crippen LogP) is 6.21. The molecule has 0 radical (unpaired) electrons. The van der Waals surface area contributed by atoms with E-state index in [4.69, 9.17) is 14.2 Å². The number of hydrogen-bond acceptors (Lipinski definition) is 6. The van der Waals surface area contributed by atoms with Gasteiger partial charge in [0.25, 0.3) is 5.91 Å². The Bertz CT molecular complexity index is 1630. The molecule has 2 heterocycles. The van der Waals surface area contributed by atoms with Gasteiger partial charge in [-0.25, -0.2) is 4.52 Å². The third-order valence-electron chi connectivity index (χ3n) is 8.07. The standard InChI is InChI=1S/C33H34F3N3O5/c1-31(2,41)19-42-26-10-11-29-28(17-37-39(29)18-26)30(40)38-23-13-32(14-23)15-27(16-32)44-24-8-6-21(7-9-24)22-4-3-5-25(12-22)43-20-33(34,35)36/h3-12,17-18,23,27,41H,13-16,19-20H2,1-2H3,(H,38,40). The first-order chi connectivity index (χ1) is 20.8. The van der Waals surface area contributed by atoms with E-state index in [1.165, 1.54) is 6.07 Å². The van der Waals surface area contributed by atoms with E-state index in [1.807, 2.05) is 30.3 Å². The molecule has 2 N–H and O–H groups in total. The van der Waals surface area contributed by atoms with Crippen molar-refractivity contribution in [3.8, 4) is 28.4 Å². The van der Waals surface area contributed by atoms with Gasteiger partial charge >= 0.3 is 6.18 Å². The molecule has 2 aromatic carbocycles. The summed E-state index contributed by atoms with van der Waals surface area (Å²) in [5.41, 5.74) is 2.01. The molecule has 0 aliphatic heterocycles. The lowest BCUT2D eigenvalue weighted by molar-refractivity contribution is -0.153. The normalized spacial score (nSPS) is 21.4. The van der Waals surface area contributed by atoms with E-state index in [0.717, 1.165) is 42.6 Å². The summed E-state index contributed by atoms with van der Waals surface area (Å²) in [6, 6.07) is 17.7. The Morgan fingerprint density at radius 2 is 1.66 bits per heavy atom. The molecule has 4 aromatic rings. The first-order valence-corrected chi connectivity index (χ1v) is 14.5. The van der Waals surface area contributed by atoms with E-state index < -0.39 is 18.4 Å². The van der Waals surface area contributed by atoms with E-state index >= 15 is 0 Å². The fourth-order valence-electron chi connectivity index (χ4n) is 6.01. The van der Waals surface area contributed by atoms with Gasteiger partial charge in [-0.1, -0.05) is 24.3 Å². The number of aromatic nitrogens is 2. The third kappa shape index (κ3) is 6.93. The molecule has 0 unspecified atom stereocenters. The Morgan fingerprint density at radius 1 is 0.955 bits per heavy atom. The van der Waals surface area contributed by atoms with Gasteiger partial charge in [-0.15, -0.1) is 0 Å². The lowest BCUT2D eigenvalue weighted by Gasteiger charge is -2.57. The molecule has 1 amide bonds. The van der Waals surface area contributed by atoms with Crippen molar-refractivity contribution in [1.82, 2.24) is 14.9 Å². The van der Waals surface area contributed by atoms with Crippen molar-refractivity contribution < 1.29 is 37.3 Å². The zero-order valence-corrected chi connectivity index (χ0v) is 24.4. The van der Waals surface area contributed by atoms with Gasteiger partial charge in [-0.05, 0) is 92.5 Å². The number of carbonyl (C=O) groups excluding carboxylic acids is 1. The molecule has 44 heavy (non-hydrogen) atoms. The number of nitrogens with one attached hydrogen (secondary N) is 1. The number of halogens is 3. The first-order valence-electron chi connectivity index (χ1n) is 14.5. The molecule has 0 bridgehead atoms. The minimum atomic E-state index is -4.39. The SMILES string of the molecule is CC(C)(O)COc1ccc2c(C(=O)NC3CC4(C3)CC(Oc3ccc(-c5cccc(OCC(F)(F)F)c5)cc3)C4)cnn2c1. The van der Waals surface area contributed by atoms with E-state index in [-0.39, 0.29) is 35.8 Å². The molecule has 2 saturated carbocycles. The number of nitrogens with zero attached hydrogens (tertiary/aromatic N) is 2. The van der Waals surface area contributed by atoms with Crippen LogP contribution in [0.4, 0.5) is 13.2 Å². The van der Waals surface area contributed by atoms with Gasteiger partial charge in [-0.2, -0.15) is 18.3 Å². The smallest absolute Gasteiger partial charge is 0.422 e. The van der Waals surface area contributed by atoms with Crippen molar-refractivity contribution in [3.05, 3.63) is 78.6 Å². The van der Waals surface area contributed by atoms with Crippen molar-refractivity contribution in [2.75, 3.05) is 13.2 Å². The number of aliphatic hydroxyl groups is 1. The number of amides is 1. The van der Waals surface area contributed by atoms with E-state index in [0.29, 0.717) is 16.8 Å². The summed E-state index contributed by atoms with van der Waals surface area (Å²) in [5.74, 6) is 1.30. The quantitative estimate of drug-likeness (QED) is 0.222. The second kappa shape index (κ2) is 11.4. The van der Waals surface area contributed by atoms with E-state index in [1.54, 1.807) is 55.0 Å². The number of alkyl halides is 3. The fourth-order valence-corrected chi connectivity index (χ4v) is 6.01. The predicted molar refractivity (Wildman–Crippen MR) is 157 cm³/mol. The van der Waals surface area contributed by atoms with Crippen molar-refractivity contribution >= 4 is 11.4 Å². The molecule has 0 atom stereocenters. The van der Waals surface area contributed by atoms with Crippen LogP contribution in [0.25, 0.3) is 16.6 Å². The Morgan fingerprint density at radius 3 is 2.36 bits per heavy atom. The Hall–Kier alpha value is -4.25. The molecule has 1 spiro atoms. The fraction of sp³-hybridized carbons (Fsp3) is 0.394. The summed E-state index contributed by atoms with van der Waals surface area (Å²) in [5, 5.41) is 17.3. The van der Waals surface area contributed by atoms with Gasteiger partial charge in [0.1, 0.15) is 23.9 Å². The molecular formula is C33H34F3N3O5. The van der Waals surface area contributed by atoms with Crippen LogP contribution >= 0.6 is 0 Å². The van der Waals surface area contributed by atoms with Crippen molar-refractivity contribution in [2.24, 2.45) is 5.41 Å². The van der Waals surface area contributed by atoms with Crippen LogP contribution < -0.4 is 19.5 Å². The first kappa shape index (κ1) is 29.8. The zero-order valence-electron chi connectivity index (χ0n) is 24.4. The van der Waals surface area contributed by atoms with Crippen LogP contribution in [0.15, 0.2) is 73.1 Å². The van der Waals surface area contributed by atoms with Crippen LogP contribution in [0.5, 0.6) is 17.2 Å². The van der Waals surface area contributed by atoms with Gasteiger partial charge < -0.3 is 24.6 Å². The molecule has 232 valence electrons. The van der Waals surface area contributed by atoms with Gasteiger partial charge in [0, 0.05) is 6.04 Å². The third-order valence-corrected chi connectivity index (χ3v) is 8.07. The summed E-state index contributed by atoms with van der Waals surface area (Å²) >= 11 is 0. The monoisotopic (exact) mass is 609 g/mol. The number of pyridine rings is 1. The van der Waals surface area contributed by atoms with Gasteiger partial charge in [0.05, 0.1) is 35.2 Å². The van der Waals surface area contributed by atoms with Crippen molar-refractivity contribution in [1.29, 1.82) is 0 Å². The highest BCUT2D eigenvalue weighted by Gasteiger charge is 2.54. The van der Waals surface area contributed by atoms with Crippen molar-refractivity contribution in [2.45, 2.75) is 63.5 Å². The molecular weight excluding hydrogens is 575 g/mol. The second-order valence-corrected chi connectivity index (χ2v) is 12.5. The molecule has 11 heteroatoms. The molecule has 6 rings (SSSR count). The van der Waals surface area contributed by atoms with Gasteiger partial charge in [0.15, 0.2) is 6.61 Å². The number of ether oxygens (including phenoxy) is 3. The van der Waals surface area contributed by atoms with E-state index in [9.17, 15) is 23.1 Å². The molecule has 2 aliphatic carbocycles. The summed E-state index contributed by atoms with van der Waals surface area (Å²) in [7, 11) is 0. The van der Waals surface area contributed by atoms with Gasteiger partial charge in [0.2, 0.25) is 0 Å². The Labute approximate surface area is 252 Å². The lowest BCUT2D eigenvalue weighted by atomic mass is 9.53. The molecule has 8 nitrogen and oxygen atoms in total. The second-order valence-electron chi connectivity index (χ2n) is 12.5. The average Bonchev–Trinajstić information content (AvgIpc) is 3.36. The van der Waals surface area contributed by atoms with Crippen molar-refractivity contribution in [3.63, 3.8) is 0 Å². The Balaban J connectivity index is 0.960. The maximum absolute atomic E-state index is 13.0. The van der Waals surface area contributed by atoms with Crippen LogP contribution in [0.3, 0.4) is 0 Å². The maximum atomic E-state index is 13.0. The minimum Gasteiger partial charge on any atom is -0.490 e. The summed E-state index contributed by atoms with van der Waals surface area (Å²) < 4.78 is 55.7. The molecule has 2 aliphatic rings.